The number of nitrogens with one attached hydrogen (secondary N) is 1. The summed E-state index contributed by atoms with van der Waals surface area (Å²) in [5.74, 6) is 6.04. The first-order chi connectivity index (χ1) is 11.4. The van der Waals surface area contributed by atoms with Crippen molar-refractivity contribution >= 4 is 29.1 Å². The number of non-ortho nitro benzene ring substituents is 1. The Hall–Kier alpha value is -1.67. The highest BCUT2D eigenvalue weighted by Crippen LogP contribution is 2.47. The predicted molar refractivity (Wildman–Crippen MR) is 100 cm³/mol. The van der Waals surface area contributed by atoms with Gasteiger partial charge in [0.05, 0.1) is 4.92 Å². The number of nitrogens with zero attached hydrogens (tertiary/aromatic N) is 3. The highest BCUT2D eigenvalue weighted by Gasteiger charge is 2.28. The largest absolute Gasteiger partial charge is 0.269 e. The minimum atomic E-state index is -2.37. The van der Waals surface area contributed by atoms with Gasteiger partial charge in [0.2, 0.25) is 0 Å². The minimum Gasteiger partial charge on any atom is -0.264 e. The van der Waals surface area contributed by atoms with Crippen LogP contribution in [-0.4, -0.2) is 28.6 Å². The van der Waals surface area contributed by atoms with Crippen LogP contribution in [0.4, 0.5) is 5.69 Å². The molecule has 2 aromatic carbocycles. The lowest BCUT2D eigenvalue weighted by atomic mass is 10.2. The van der Waals surface area contributed by atoms with E-state index in [9.17, 15) is 10.1 Å². The zero-order chi connectivity index (χ0) is 17.7. The van der Waals surface area contributed by atoms with E-state index in [1.54, 1.807) is 24.0 Å². The van der Waals surface area contributed by atoms with E-state index < -0.39 is 11.3 Å². The van der Waals surface area contributed by atoms with Crippen molar-refractivity contribution in [3.8, 4) is 0 Å². The molecule has 24 heavy (non-hydrogen) atoms. The summed E-state index contributed by atoms with van der Waals surface area (Å²) in [4.78, 5) is 10.5. The van der Waals surface area contributed by atoms with Gasteiger partial charge < -0.3 is 0 Å². The van der Waals surface area contributed by atoms with Crippen LogP contribution < -0.4 is 16.6 Å². The van der Waals surface area contributed by atoms with Crippen LogP contribution in [0.1, 0.15) is 5.56 Å². The highest BCUT2D eigenvalue weighted by molar-refractivity contribution is 8.15. The molecule has 3 N–H and O–H groups in total. The van der Waals surface area contributed by atoms with E-state index in [0.717, 1.165) is 10.9 Å². The van der Waals surface area contributed by atoms with E-state index in [1.165, 1.54) is 6.07 Å². The quantitative estimate of drug-likeness (QED) is 0.336. The van der Waals surface area contributed by atoms with E-state index in [0.29, 0.717) is 6.54 Å². The van der Waals surface area contributed by atoms with Crippen molar-refractivity contribution in [2.75, 3.05) is 14.1 Å². The summed E-state index contributed by atoms with van der Waals surface area (Å²) in [5.41, 5.74) is 4.08. The van der Waals surface area contributed by atoms with Gasteiger partial charge in [0.15, 0.2) is 0 Å². The van der Waals surface area contributed by atoms with Gasteiger partial charge in [-0.1, -0.05) is 54.3 Å². The summed E-state index contributed by atoms with van der Waals surface area (Å²) in [5, 5.41) is 11.8. The maximum Gasteiger partial charge on any atom is 0.269 e. The Morgan fingerprint density at radius 1 is 1.21 bits per heavy atom. The molecule has 7 nitrogen and oxygen atoms in total. The number of hydrogen-bond acceptors (Lipinski definition) is 5. The SMILES string of the molecule is CN(N)P(=S)(c1ccccc1)N(C)NCc1cccc([N+](=O)[O-])c1. The van der Waals surface area contributed by atoms with Gasteiger partial charge in [-0.15, -0.1) is 0 Å². The van der Waals surface area contributed by atoms with Crippen LogP contribution in [0.15, 0.2) is 54.6 Å². The number of benzene rings is 2. The molecule has 1 atom stereocenters. The second-order valence-electron chi connectivity index (χ2n) is 5.24. The Kier molecular flexibility index (Phi) is 6.17. The molecule has 0 saturated carbocycles. The molecule has 0 saturated heterocycles. The molecule has 2 aromatic rings. The maximum absolute atomic E-state index is 10.9. The molecule has 0 bridgehead atoms. The number of hydrazine groups is 2. The van der Waals surface area contributed by atoms with Crippen LogP contribution in [0.5, 0.6) is 0 Å². The second kappa shape index (κ2) is 7.94. The Balaban J connectivity index is 2.18. The molecule has 0 aliphatic carbocycles. The zero-order valence-corrected chi connectivity index (χ0v) is 15.2. The van der Waals surface area contributed by atoms with Crippen molar-refractivity contribution in [1.29, 1.82) is 0 Å². The Morgan fingerprint density at radius 2 is 1.88 bits per heavy atom. The standard InChI is InChI=1S/C15H20N5O2PS/c1-18(16)23(24,15-9-4-3-5-10-15)19(2)17-12-13-7-6-8-14(11-13)20(21)22/h3-11,17H,12,16H2,1-2H3. The molecule has 0 aromatic heterocycles. The monoisotopic (exact) mass is 365 g/mol. The van der Waals surface area contributed by atoms with Gasteiger partial charge >= 0.3 is 0 Å². The van der Waals surface area contributed by atoms with E-state index in [2.05, 4.69) is 5.43 Å². The van der Waals surface area contributed by atoms with Crippen molar-refractivity contribution in [3.05, 3.63) is 70.3 Å². The van der Waals surface area contributed by atoms with Gasteiger partial charge in [-0.05, 0) is 5.56 Å². The summed E-state index contributed by atoms with van der Waals surface area (Å²) in [6.07, 6.45) is -2.37. The Bertz CT molecular complexity index is 757. The lowest BCUT2D eigenvalue weighted by Crippen LogP contribution is -2.42. The summed E-state index contributed by atoms with van der Waals surface area (Å²) in [7, 11) is 3.59. The third-order valence-corrected chi connectivity index (χ3v) is 8.48. The fourth-order valence-electron chi connectivity index (χ4n) is 2.27. The lowest BCUT2D eigenvalue weighted by molar-refractivity contribution is -0.384. The molecule has 0 spiro atoms. The highest BCUT2D eigenvalue weighted by atomic mass is 32.4. The van der Waals surface area contributed by atoms with E-state index in [-0.39, 0.29) is 5.69 Å². The van der Waals surface area contributed by atoms with Gasteiger partial charge in [-0.3, -0.25) is 16.0 Å². The zero-order valence-electron chi connectivity index (χ0n) is 13.5. The summed E-state index contributed by atoms with van der Waals surface area (Å²) >= 11 is 5.86. The van der Waals surface area contributed by atoms with Gasteiger partial charge in [-0.2, -0.15) is 4.78 Å². The molecular weight excluding hydrogens is 345 g/mol. The Labute approximate surface area is 146 Å². The summed E-state index contributed by atoms with van der Waals surface area (Å²) < 4.78 is 3.38. The molecule has 0 radical (unpaired) electrons. The van der Waals surface area contributed by atoms with E-state index in [1.807, 2.05) is 48.2 Å². The number of nitrogens with two attached hydrogens (primary N) is 1. The molecule has 0 heterocycles. The average molecular weight is 365 g/mol. The van der Waals surface area contributed by atoms with Crippen molar-refractivity contribution < 1.29 is 4.92 Å². The van der Waals surface area contributed by atoms with Crippen molar-refractivity contribution in [3.63, 3.8) is 0 Å². The van der Waals surface area contributed by atoms with Crippen LogP contribution in [-0.2, 0) is 18.4 Å². The van der Waals surface area contributed by atoms with Crippen LogP contribution in [0, 0.1) is 10.1 Å². The number of nitro groups is 1. The lowest BCUT2D eigenvalue weighted by Gasteiger charge is -2.37. The molecule has 0 amide bonds. The first-order valence-corrected chi connectivity index (χ1v) is 9.92. The van der Waals surface area contributed by atoms with Gasteiger partial charge in [0.1, 0.15) is 6.34 Å². The molecular formula is C15H20N5O2PS. The van der Waals surface area contributed by atoms with Gasteiger partial charge in [0.25, 0.3) is 5.69 Å². The topological polar surface area (TPSA) is 87.7 Å². The van der Waals surface area contributed by atoms with Crippen molar-refractivity contribution in [2.24, 2.45) is 5.84 Å². The third-order valence-electron chi connectivity index (χ3n) is 3.56. The van der Waals surface area contributed by atoms with E-state index in [4.69, 9.17) is 17.6 Å². The molecule has 0 fully saturated rings. The molecule has 0 aliphatic heterocycles. The van der Waals surface area contributed by atoms with Crippen molar-refractivity contribution in [2.45, 2.75) is 6.54 Å². The van der Waals surface area contributed by atoms with Gasteiger partial charge in [0, 0.05) is 38.1 Å². The number of hydrogen-bond donors (Lipinski definition) is 2. The fraction of sp³-hybridized carbons (Fsp3) is 0.200. The average Bonchev–Trinajstić information content (AvgIpc) is 2.59. The maximum atomic E-state index is 10.9. The summed E-state index contributed by atoms with van der Waals surface area (Å²) in [6, 6.07) is 16.2. The molecule has 1 unspecified atom stereocenters. The Morgan fingerprint density at radius 3 is 2.46 bits per heavy atom. The summed E-state index contributed by atoms with van der Waals surface area (Å²) in [6.45, 7) is 0.414. The normalized spacial score (nSPS) is 13.9. The van der Waals surface area contributed by atoms with Crippen LogP contribution in [0.25, 0.3) is 0 Å². The predicted octanol–water partition coefficient (Wildman–Crippen LogP) is 1.97. The first kappa shape index (κ1) is 18.7. The molecule has 0 aliphatic rings. The number of rotatable bonds is 7. The third kappa shape index (κ3) is 4.05. The smallest absolute Gasteiger partial charge is 0.264 e. The number of nitro benzene ring substituents is 1. The molecule has 2 rings (SSSR count). The van der Waals surface area contributed by atoms with E-state index >= 15 is 0 Å². The second-order valence-corrected chi connectivity index (χ2v) is 9.60. The fourth-order valence-corrected chi connectivity index (χ4v) is 4.77. The van der Waals surface area contributed by atoms with Crippen LogP contribution in [0.2, 0.25) is 0 Å². The van der Waals surface area contributed by atoms with Crippen LogP contribution in [0.3, 0.4) is 0 Å². The van der Waals surface area contributed by atoms with Gasteiger partial charge in [-0.25, -0.2) is 10.2 Å². The molecule has 128 valence electrons. The minimum absolute atomic E-state index is 0.0652. The van der Waals surface area contributed by atoms with Crippen LogP contribution >= 0.6 is 6.34 Å². The van der Waals surface area contributed by atoms with Crippen molar-refractivity contribution in [1.82, 2.24) is 15.0 Å². The molecule has 9 heteroatoms. The first-order valence-electron chi connectivity index (χ1n) is 7.21.